The number of carbonyl (C=O) groups is 2. The van der Waals surface area contributed by atoms with Gasteiger partial charge in [0.1, 0.15) is 0 Å². The Morgan fingerprint density at radius 3 is 2.78 bits per heavy atom. The van der Waals surface area contributed by atoms with Crippen LogP contribution in [0.3, 0.4) is 0 Å². The monoisotopic (exact) mass is 381 g/mol. The number of nitriles is 1. The smallest absolute Gasteiger partial charge is 0.254 e. The summed E-state index contributed by atoms with van der Waals surface area (Å²) in [5, 5.41) is 12.3. The van der Waals surface area contributed by atoms with Crippen LogP contribution in [-0.4, -0.2) is 29.8 Å². The van der Waals surface area contributed by atoms with E-state index in [1.807, 2.05) is 32.0 Å². The number of carbonyl (C=O) groups excluding carboxylic acids is 2. The minimum Gasteiger partial charge on any atom is -0.337 e. The van der Waals surface area contributed by atoms with Crippen molar-refractivity contribution in [1.29, 1.82) is 5.26 Å². The van der Waals surface area contributed by atoms with E-state index in [2.05, 4.69) is 5.32 Å². The van der Waals surface area contributed by atoms with Crippen LogP contribution in [0.2, 0.25) is 5.02 Å². The lowest BCUT2D eigenvalue weighted by Crippen LogP contribution is -2.45. The molecule has 1 aliphatic rings. The van der Waals surface area contributed by atoms with Crippen molar-refractivity contribution in [1.82, 2.24) is 4.90 Å². The summed E-state index contributed by atoms with van der Waals surface area (Å²) in [7, 11) is 0. The topological polar surface area (TPSA) is 73.2 Å². The molecule has 0 radical (unpaired) electrons. The third-order valence-electron chi connectivity index (χ3n) is 4.45. The second kappa shape index (κ2) is 7.81. The summed E-state index contributed by atoms with van der Waals surface area (Å²) in [5.74, 6) is -0.455. The van der Waals surface area contributed by atoms with Gasteiger partial charge >= 0.3 is 0 Å². The Kier molecular flexibility index (Phi) is 5.48. The molecule has 2 aromatic carbocycles. The molecule has 1 heterocycles. The largest absolute Gasteiger partial charge is 0.337 e. The Bertz CT molecular complexity index is 933. The van der Waals surface area contributed by atoms with E-state index in [0.29, 0.717) is 40.8 Å². The van der Waals surface area contributed by atoms with Crippen molar-refractivity contribution in [3.63, 3.8) is 0 Å². The third-order valence-corrected chi connectivity index (χ3v) is 4.67. The quantitative estimate of drug-likeness (QED) is 0.868. The second-order valence-electron chi connectivity index (χ2n) is 7.07. The van der Waals surface area contributed by atoms with Crippen molar-refractivity contribution >= 4 is 29.1 Å². The molecular formula is C21H20ClN3O2. The van der Waals surface area contributed by atoms with Gasteiger partial charge in [-0.25, -0.2) is 0 Å². The lowest BCUT2D eigenvalue weighted by Gasteiger charge is -2.34. The zero-order chi connectivity index (χ0) is 19.6. The molecule has 0 aliphatic carbocycles. The van der Waals surface area contributed by atoms with Gasteiger partial charge in [0.25, 0.3) is 5.91 Å². The molecule has 0 saturated carbocycles. The highest BCUT2D eigenvalue weighted by Gasteiger charge is 2.35. The maximum atomic E-state index is 13.0. The zero-order valence-corrected chi connectivity index (χ0v) is 16.0. The predicted octanol–water partition coefficient (Wildman–Crippen LogP) is 4.05. The molecule has 138 valence electrons. The lowest BCUT2D eigenvalue weighted by atomic mass is 9.88. The number of rotatable bonds is 4. The SMILES string of the molecule is CC(C)CN1C[C@H](C(=O)Nc2cc(Cl)cc(C#N)c2)c2ccccc2C1=O. The first kappa shape index (κ1) is 18.9. The summed E-state index contributed by atoms with van der Waals surface area (Å²) < 4.78 is 0. The second-order valence-corrected chi connectivity index (χ2v) is 7.51. The van der Waals surface area contributed by atoms with Crippen molar-refractivity contribution in [3.8, 4) is 6.07 Å². The van der Waals surface area contributed by atoms with Crippen LogP contribution in [0.25, 0.3) is 0 Å². The first-order valence-electron chi connectivity index (χ1n) is 8.78. The highest BCUT2D eigenvalue weighted by Crippen LogP contribution is 2.30. The molecule has 0 unspecified atom stereocenters. The number of amides is 2. The maximum absolute atomic E-state index is 13.0. The number of halogens is 1. The first-order valence-corrected chi connectivity index (χ1v) is 9.16. The molecule has 1 atom stereocenters. The van der Waals surface area contributed by atoms with Crippen LogP contribution in [0.1, 0.15) is 41.3 Å². The van der Waals surface area contributed by atoms with E-state index in [9.17, 15) is 9.59 Å². The van der Waals surface area contributed by atoms with Crippen molar-refractivity contribution < 1.29 is 9.59 Å². The summed E-state index contributed by atoms with van der Waals surface area (Å²) in [6.07, 6.45) is 0. The fourth-order valence-electron chi connectivity index (χ4n) is 3.35. The summed E-state index contributed by atoms with van der Waals surface area (Å²) in [5.41, 5.74) is 2.13. The molecular weight excluding hydrogens is 362 g/mol. The Balaban J connectivity index is 1.91. The lowest BCUT2D eigenvalue weighted by molar-refractivity contribution is -0.118. The Morgan fingerprint density at radius 1 is 1.33 bits per heavy atom. The summed E-state index contributed by atoms with van der Waals surface area (Å²) in [6.45, 7) is 4.99. The number of anilines is 1. The van der Waals surface area contributed by atoms with E-state index in [1.165, 1.54) is 6.07 Å². The molecule has 2 aromatic rings. The molecule has 0 bridgehead atoms. The summed E-state index contributed by atoms with van der Waals surface area (Å²) in [4.78, 5) is 27.5. The zero-order valence-electron chi connectivity index (χ0n) is 15.2. The number of nitrogens with one attached hydrogen (secondary N) is 1. The molecule has 5 nitrogen and oxygen atoms in total. The van der Waals surface area contributed by atoms with Crippen molar-refractivity contribution in [2.45, 2.75) is 19.8 Å². The number of fused-ring (bicyclic) bond motifs is 1. The Hall–Kier alpha value is -2.84. The van der Waals surface area contributed by atoms with Gasteiger partial charge in [-0.1, -0.05) is 43.6 Å². The molecule has 2 amide bonds. The van der Waals surface area contributed by atoms with Crippen molar-refractivity contribution in [2.75, 3.05) is 18.4 Å². The molecule has 0 aromatic heterocycles. The number of nitrogens with zero attached hydrogens (tertiary/aromatic N) is 2. The van der Waals surface area contributed by atoms with Crippen LogP contribution >= 0.6 is 11.6 Å². The highest BCUT2D eigenvalue weighted by atomic mass is 35.5. The molecule has 0 fully saturated rings. The Labute approximate surface area is 163 Å². The normalized spacial score (nSPS) is 16.0. The van der Waals surface area contributed by atoms with Gasteiger partial charge in [-0.15, -0.1) is 0 Å². The Morgan fingerprint density at radius 2 is 2.07 bits per heavy atom. The molecule has 6 heteroatoms. The van der Waals surface area contributed by atoms with Gasteiger partial charge in [0.2, 0.25) is 5.91 Å². The van der Waals surface area contributed by atoms with Crippen LogP contribution in [-0.2, 0) is 4.79 Å². The van der Waals surface area contributed by atoms with E-state index >= 15 is 0 Å². The van der Waals surface area contributed by atoms with Crippen LogP contribution in [0, 0.1) is 17.2 Å². The molecule has 1 N–H and O–H groups in total. The summed E-state index contributed by atoms with van der Waals surface area (Å²) >= 11 is 6.02. The van der Waals surface area contributed by atoms with E-state index in [-0.39, 0.29) is 11.8 Å². The van der Waals surface area contributed by atoms with Crippen molar-refractivity contribution in [2.24, 2.45) is 5.92 Å². The van der Waals surface area contributed by atoms with Crippen LogP contribution in [0.5, 0.6) is 0 Å². The fraction of sp³-hybridized carbons (Fsp3) is 0.286. The predicted molar refractivity (Wildman–Crippen MR) is 105 cm³/mol. The van der Waals surface area contributed by atoms with Gasteiger partial charge in [0, 0.05) is 29.4 Å². The van der Waals surface area contributed by atoms with Crippen molar-refractivity contribution in [3.05, 3.63) is 64.2 Å². The van der Waals surface area contributed by atoms with Gasteiger partial charge in [-0.2, -0.15) is 5.26 Å². The number of hydrogen-bond donors (Lipinski definition) is 1. The third kappa shape index (κ3) is 4.12. The van der Waals surface area contributed by atoms with Crippen LogP contribution in [0.4, 0.5) is 5.69 Å². The van der Waals surface area contributed by atoms with Crippen LogP contribution in [0.15, 0.2) is 42.5 Å². The molecule has 1 aliphatic heterocycles. The van der Waals surface area contributed by atoms with Gasteiger partial charge < -0.3 is 10.2 Å². The van der Waals surface area contributed by atoms with E-state index in [4.69, 9.17) is 16.9 Å². The summed E-state index contributed by atoms with van der Waals surface area (Å²) in [6, 6.07) is 14.0. The molecule has 0 saturated heterocycles. The maximum Gasteiger partial charge on any atom is 0.254 e. The van der Waals surface area contributed by atoms with E-state index < -0.39 is 5.92 Å². The first-order chi connectivity index (χ1) is 12.9. The van der Waals surface area contributed by atoms with Gasteiger partial charge in [-0.3, -0.25) is 9.59 Å². The van der Waals surface area contributed by atoms with Gasteiger partial charge in [0.05, 0.1) is 17.6 Å². The minimum atomic E-state index is -0.484. The van der Waals surface area contributed by atoms with Gasteiger partial charge in [-0.05, 0) is 35.7 Å². The van der Waals surface area contributed by atoms with E-state index in [0.717, 1.165) is 5.56 Å². The minimum absolute atomic E-state index is 0.0436. The van der Waals surface area contributed by atoms with Crippen LogP contribution < -0.4 is 5.32 Å². The van der Waals surface area contributed by atoms with Gasteiger partial charge in [0.15, 0.2) is 0 Å². The fourth-order valence-corrected chi connectivity index (χ4v) is 3.58. The molecule has 27 heavy (non-hydrogen) atoms. The average Bonchev–Trinajstić information content (AvgIpc) is 2.63. The molecule has 0 spiro atoms. The average molecular weight is 382 g/mol. The number of hydrogen-bond acceptors (Lipinski definition) is 3. The number of benzene rings is 2. The highest BCUT2D eigenvalue weighted by molar-refractivity contribution is 6.31. The molecule has 3 rings (SSSR count). The van der Waals surface area contributed by atoms with E-state index in [1.54, 1.807) is 29.2 Å². The standard InChI is InChI=1S/C21H20ClN3O2/c1-13(2)11-25-12-19(17-5-3-4-6-18(17)21(25)27)20(26)24-16-8-14(10-23)7-15(22)9-16/h3-9,13,19H,11-12H2,1-2H3,(H,24,26)/t19-/m0/s1.